The Labute approximate surface area is 159 Å². The number of benzene rings is 1. The Morgan fingerprint density at radius 1 is 1.30 bits per heavy atom. The van der Waals surface area contributed by atoms with Crippen LogP contribution in [0.5, 0.6) is 5.75 Å². The minimum Gasteiger partial charge on any atom is -0.489 e. The maximum absolute atomic E-state index is 13.2. The van der Waals surface area contributed by atoms with Crippen LogP contribution in [0.4, 0.5) is 4.39 Å². The largest absolute Gasteiger partial charge is 0.489 e. The third-order valence-corrected chi connectivity index (χ3v) is 4.00. The van der Waals surface area contributed by atoms with Crippen LogP contribution in [0.3, 0.4) is 0 Å². The van der Waals surface area contributed by atoms with Crippen molar-refractivity contribution in [1.82, 2.24) is 15.5 Å². The predicted octanol–water partition coefficient (Wildman–Crippen LogP) is 1.69. The highest BCUT2D eigenvalue weighted by Gasteiger charge is 2.25. The smallest absolute Gasteiger partial charge is 0.229 e. The van der Waals surface area contributed by atoms with Crippen LogP contribution in [0.2, 0.25) is 0 Å². The van der Waals surface area contributed by atoms with Gasteiger partial charge < -0.3 is 15.4 Å². The number of carbonyl (C=O) groups is 2. The standard InChI is InChI=1S/C19H27FN4O3/c1-3-21-19(22-10-11-24-17(25)8-5-9-18(24)26)23-13-14(2)27-16-7-4-6-15(20)12-16/h4,6-7,12,14H,3,5,8-11,13H2,1-2H3,(H2,21,22,23). The maximum atomic E-state index is 13.2. The van der Waals surface area contributed by atoms with Crippen LogP contribution in [0.25, 0.3) is 0 Å². The number of aliphatic imine (C=N–C) groups is 1. The van der Waals surface area contributed by atoms with E-state index in [0.717, 1.165) is 0 Å². The van der Waals surface area contributed by atoms with Crippen LogP contribution in [0.1, 0.15) is 33.1 Å². The van der Waals surface area contributed by atoms with Gasteiger partial charge in [-0.3, -0.25) is 14.5 Å². The van der Waals surface area contributed by atoms with Gasteiger partial charge in [-0.25, -0.2) is 9.38 Å². The van der Waals surface area contributed by atoms with Gasteiger partial charge in [-0.15, -0.1) is 0 Å². The van der Waals surface area contributed by atoms with Crippen molar-refractivity contribution in [3.63, 3.8) is 0 Å². The second-order valence-corrected chi connectivity index (χ2v) is 6.32. The molecule has 1 aliphatic rings. The molecule has 1 atom stereocenters. The van der Waals surface area contributed by atoms with E-state index in [2.05, 4.69) is 15.6 Å². The van der Waals surface area contributed by atoms with Crippen LogP contribution in [-0.4, -0.2) is 55.0 Å². The first-order valence-electron chi connectivity index (χ1n) is 9.27. The Morgan fingerprint density at radius 2 is 2.04 bits per heavy atom. The second kappa shape index (κ2) is 10.5. The zero-order chi connectivity index (χ0) is 19.6. The number of imide groups is 1. The number of hydrogen-bond donors (Lipinski definition) is 2. The van der Waals surface area contributed by atoms with Crippen molar-refractivity contribution in [2.24, 2.45) is 4.99 Å². The number of rotatable bonds is 8. The summed E-state index contributed by atoms with van der Waals surface area (Å²) in [4.78, 5) is 29.4. The fraction of sp³-hybridized carbons (Fsp3) is 0.526. The lowest BCUT2D eigenvalue weighted by Gasteiger charge is -2.25. The Hall–Kier alpha value is -2.64. The third-order valence-electron chi connectivity index (χ3n) is 4.00. The molecule has 0 radical (unpaired) electrons. The van der Waals surface area contributed by atoms with Gasteiger partial charge in [0, 0.05) is 38.5 Å². The Kier molecular flexibility index (Phi) is 8.03. The summed E-state index contributed by atoms with van der Waals surface area (Å²) >= 11 is 0. The van der Waals surface area contributed by atoms with Crippen molar-refractivity contribution in [2.75, 3.05) is 26.2 Å². The molecule has 1 aromatic carbocycles. The highest BCUT2D eigenvalue weighted by atomic mass is 19.1. The van der Waals surface area contributed by atoms with Crippen LogP contribution >= 0.6 is 0 Å². The number of piperidine rings is 1. The van der Waals surface area contributed by atoms with Crippen molar-refractivity contribution in [2.45, 2.75) is 39.2 Å². The molecular weight excluding hydrogens is 351 g/mol. The summed E-state index contributed by atoms with van der Waals surface area (Å²) in [6.07, 6.45) is 1.24. The highest BCUT2D eigenvalue weighted by molar-refractivity contribution is 5.97. The van der Waals surface area contributed by atoms with Gasteiger partial charge >= 0.3 is 0 Å². The molecule has 0 bridgehead atoms. The Balaban J connectivity index is 1.82. The first kappa shape index (κ1) is 20.7. The summed E-state index contributed by atoms with van der Waals surface area (Å²) in [5.74, 6) is 0.445. The van der Waals surface area contributed by atoms with Gasteiger partial charge in [0.2, 0.25) is 11.8 Å². The molecule has 1 aromatic rings. The van der Waals surface area contributed by atoms with E-state index in [1.807, 2.05) is 13.8 Å². The molecule has 0 aromatic heterocycles. The van der Waals surface area contributed by atoms with Crippen molar-refractivity contribution in [1.29, 1.82) is 0 Å². The van der Waals surface area contributed by atoms with Gasteiger partial charge in [0.1, 0.15) is 17.7 Å². The molecule has 1 aliphatic heterocycles. The molecule has 2 rings (SSSR count). The Morgan fingerprint density at radius 3 is 2.70 bits per heavy atom. The third kappa shape index (κ3) is 6.88. The quantitative estimate of drug-likeness (QED) is 0.409. The van der Waals surface area contributed by atoms with E-state index in [-0.39, 0.29) is 23.7 Å². The number of nitrogens with zero attached hydrogens (tertiary/aromatic N) is 2. The molecule has 0 aliphatic carbocycles. The lowest BCUT2D eigenvalue weighted by molar-refractivity contribution is -0.147. The molecule has 2 N–H and O–H groups in total. The van der Waals surface area contributed by atoms with E-state index >= 15 is 0 Å². The maximum Gasteiger partial charge on any atom is 0.229 e. The van der Waals surface area contributed by atoms with Crippen molar-refractivity contribution < 1.29 is 18.7 Å². The number of nitrogens with one attached hydrogen (secondary N) is 2. The minimum absolute atomic E-state index is 0.118. The number of carbonyl (C=O) groups excluding carboxylic acids is 2. The SMILES string of the molecule is CCNC(=NCC(C)Oc1cccc(F)c1)NCCN1C(=O)CCCC1=O. The highest BCUT2D eigenvalue weighted by Crippen LogP contribution is 2.14. The van der Waals surface area contributed by atoms with Gasteiger partial charge in [-0.1, -0.05) is 6.07 Å². The predicted molar refractivity (Wildman–Crippen MR) is 101 cm³/mol. The summed E-state index contributed by atoms with van der Waals surface area (Å²) in [7, 11) is 0. The average Bonchev–Trinajstić information content (AvgIpc) is 2.62. The molecule has 1 heterocycles. The van der Waals surface area contributed by atoms with Crippen LogP contribution < -0.4 is 15.4 Å². The molecule has 27 heavy (non-hydrogen) atoms. The number of guanidine groups is 1. The summed E-state index contributed by atoms with van der Waals surface area (Å²) < 4.78 is 18.9. The molecule has 1 saturated heterocycles. The lowest BCUT2D eigenvalue weighted by Crippen LogP contribution is -2.46. The van der Waals surface area contributed by atoms with Gasteiger partial charge in [0.15, 0.2) is 5.96 Å². The first-order valence-corrected chi connectivity index (χ1v) is 9.27. The molecule has 0 spiro atoms. The summed E-state index contributed by atoms with van der Waals surface area (Å²) in [5, 5.41) is 6.22. The molecular formula is C19H27FN4O3. The van der Waals surface area contributed by atoms with E-state index in [1.54, 1.807) is 12.1 Å². The van der Waals surface area contributed by atoms with Gasteiger partial charge in [-0.05, 0) is 32.4 Å². The summed E-state index contributed by atoms with van der Waals surface area (Å²) in [6, 6.07) is 5.98. The van der Waals surface area contributed by atoms with Crippen molar-refractivity contribution in [3.8, 4) is 5.75 Å². The molecule has 2 amide bonds. The van der Waals surface area contributed by atoms with Gasteiger partial charge in [0.25, 0.3) is 0 Å². The fourth-order valence-electron chi connectivity index (χ4n) is 2.71. The van der Waals surface area contributed by atoms with Crippen LogP contribution in [0, 0.1) is 5.82 Å². The Bertz CT molecular complexity index is 665. The molecule has 0 saturated carbocycles. The van der Waals surface area contributed by atoms with E-state index in [1.165, 1.54) is 17.0 Å². The van der Waals surface area contributed by atoms with E-state index < -0.39 is 0 Å². The van der Waals surface area contributed by atoms with Gasteiger partial charge in [-0.2, -0.15) is 0 Å². The summed E-state index contributed by atoms with van der Waals surface area (Å²) in [5.41, 5.74) is 0. The number of ether oxygens (including phenoxy) is 1. The van der Waals surface area contributed by atoms with E-state index in [9.17, 15) is 14.0 Å². The van der Waals surface area contributed by atoms with Crippen molar-refractivity contribution in [3.05, 3.63) is 30.1 Å². The number of halogens is 1. The van der Waals surface area contributed by atoms with Crippen LogP contribution in [-0.2, 0) is 9.59 Å². The molecule has 1 fully saturated rings. The molecule has 8 heteroatoms. The monoisotopic (exact) mass is 378 g/mol. The normalized spacial score (nSPS) is 16.3. The second-order valence-electron chi connectivity index (χ2n) is 6.32. The molecule has 7 nitrogen and oxygen atoms in total. The topological polar surface area (TPSA) is 83.0 Å². The van der Waals surface area contributed by atoms with Gasteiger partial charge in [0.05, 0.1) is 6.54 Å². The zero-order valence-electron chi connectivity index (χ0n) is 15.8. The number of hydrogen-bond acceptors (Lipinski definition) is 4. The first-order chi connectivity index (χ1) is 13.0. The average molecular weight is 378 g/mol. The zero-order valence-corrected chi connectivity index (χ0v) is 15.8. The molecule has 148 valence electrons. The van der Waals surface area contributed by atoms with Crippen molar-refractivity contribution >= 4 is 17.8 Å². The number of amides is 2. The van der Waals surface area contributed by atoms with E-state index in [0.29, 0.717) is 57.2 Å². The number of likely N-dealkylation sites (tertiary alicyclic amines) is 1. The minimum atomic E-state index is -0.347. The molecule has 1 unspecified atom stereocenters. The summed E-state index contributed by atoms with van der Waals surface area (Å²) in [6.45, 7) is 5.57. The fourth-order valence-corrected chi connectivity index (χ4v) is 2.71. The van der Waals surface area contributed by atoms with E-state index in [4.69, 9.17) is 4.74 Å². The van der Waals surface area contributed by atoms with Crippen LogP contribution in [0.15, 0.2) is 29.3 Å². The lowest BCUT2D eigenvalue weighted by atomic mass is 10.1.